The van der Waals surface area contributed by atoms with Gasteiger partial charge in [-0.15, -0.1) is 0 Å². The molecule has 1 N–H and O–H groups in total. The van der Waals surface area contributed by atoms with E-state index in [0.29, 0.717) is 30.3 Å². The normalized spacial score (nSPS) is 12.6. The molecule has 1 unspecified atom stereocenters. The molecule has 0 saturated carbocycles. The summed E-state index contributed by atoms with van der Waals surface area (Å²) in [7, 11) is 1.63. The Morgan fingerprint density at radius 3 is 2.85 bits per heavy atom. The summed E-state index contributed by atoms with van der Waals surface area (Å²) in [6.07, 6.45) is 5.75. The van der Waals surface area contributed by atoms with Gasteiger partial charge in [0.1, 0.15) is 0 Å². The Balaban J connectivity index is 2.01. The number of ether oxygens (including phenoxy) is 1. The molecule has 5 nitrogen and oxygen atoms in total. The van der Waals surface area contributed by atoms with Gasteiger partial charge in [0.15, 0.2) is 0 Å². The first-order valence-corrected chi connectivity index (χ1v) is 6.87. The van der Waals surface area contributed by atoms with Crippen molar-refractivity contribution in [1.29, 1.82) is 0 Å². The van der Waals surface area contributed by atoms with Gasteiger partial charge < -0.3 is 9.84 Å². The second-order valence-corrected chi connectivity index (χ2v) is 4.91. The van der Waals surface area contributed by atoms with E-state index in [1.807, 2.05) is 12.1 Å². The first-order chi connectivity index (χ1) is 9.72. The Labute approximate surface area is 123 Å². The standard InChI is InChI=1S/C14H18ClN3O2/c1-20-9-8-18-14(12(15)10-17-18)13(19)3-2-11-4-6-16-7-5-11/h4-7,10,13,19H,2-3,8-9H2,1H3. The highest BCUT2D eigenvalue weighted by Gasteiger charge is 2.18. The zero-order valence-electron chi connectivity index (χ0n) is 11.4. The minimum absolute atomic E-state index is 0.489. The molecule has 2 heterocycles. The van der Waals surface area contributed by atoms with E-state index in [2.05, 4.69) is 10.1 Å². The Kier molecular flexibility index (Phi) is 5.52. The van der Waals surface area contributed by atoms with Crippen LogP contribution in [0.15, 0.2) is 30.7 Å². The van der Waals surface area contributed by atoms with Crippen molar-refractivity contribution < 1.29 is 9.84 Å². The molecule has 0 amide bonds. The molecule has 0 saturated heterocycles. The molecular weight excluding hydrogens is 278 g/mol. The summed E-state index contributed by atoms with van der Waals surface area (Å²) >= 11 is 6.11. The molecule has 0 bridgehead atoms. The number of aliphatic hydroxyl groups is 1. The van der Waals surface area contributed by atoms with Gasteiger partial charge in [0.2, 0.25) is 0 Å². The molecule has 2 rings (SSSR count). The molecule has 6 heteroatoms. The second kappa shape index (κ2) is 7.38. The first-order valence-electron chi connectivity index (χ1n) is 6.49. The molecule has 2 aromatic heterocycles. The summed E-state index contributed by atoms with van der Waals surface area (Å²) < 4.78 is 6.72. The van der Waals surface area contributed by atoms with Gasteiger partial charge in [-0.3, -0.25) is 9.67 Å². The third-order valence-corrected chi connectivity index (χ3v) is 3.40. The zero-order chi connectivity index (χ0) is 14.4. The van der Waals surface area contributed by atoms with Crippen molar-refractivity contribution in [3.63, 3.8) is 0 Å². The fourth-order valence-corrected chi connectivity index (χ4v) is 2.32. The van der Waals surface area contributed by atoms with Crippen molar-refractivity contribution in [2.45, 2.75) is 25.5 Å². The van der Waals surface area contributed by atoms with Gasteiger partial charge in [-0.1, -0.05) is 11.6 Å². The van der Waals surface area contributed by atoms with Gasteiger partial charge in [0.25, 0.3) is 0 Å². The van der Waals surface area contributed by atoms with Crippen LogP contribution in [0.5, 0.6) is 0 Å². The Bertz CT molecular complexity index is 530. The Morgan fingerprint density at radius 2 is 2.15 bits per heavy atom. The molecule has 0 aliphatic rings. The summed E-state index contributed by atoms with van der Waals surface area (Å²) in [4.78, 5) is 3.97. The van der Waals surface area contributed by atoms with E-state index in [4.69, 9.17) is 16.3 Å². The fraction of sp³-hybridized carbons (Fsp3) is 0.429. The molecule has 0 spiro atoms. The number of rotatable bonds is 7. The minimum atomic E-state index is -0.643. The third-order valence-electron chi connectivity index (χ3n) is 3.11. The van der Waals surface area contributed by atoms with Gasteiger partial charge in [-0.05, 0) is 30.5 Å². The molecular formula is C14H18ClN3O2. The predicted molar refractivity (Wildman–Crippen MR) is 76.6 cm³/mol. The van der Waals surface area contributed by atoms with Crippen LogP contribution in [0.1, 0.15) is 23.8 Å². The topological polar surface area (TPSA) is 60.2 Å². The van der Waals surface area contributed by atoms with E-state index >= 15 is 0 Å². The van der Waals surface area contributed by atoms with Crippen LogP contribution < -0.4 is 0 Å². The number of hydrogen-bond acceptors (Lipinski definition) is 4. The maximum absolute atomic E-state index is 10.3. The SMILES string of the molecule is COCCn1ncc(Cl)c1C(O)CCc1ccncc1. The van der Waals surface area contributed by atoms with Gasteiger partial charge in [-0.2, -0.15) is 5.10 Å². The molecule has 1 atom stereocenters. The number of hydrogen-bond donors (Lipinski definition) is 1. The van der Waals surface area contributed by atoms with E-state index < -0.39 is 6.10 Å². The van der Waals surface area contributed by atoms with Crippen molar-refractivity contribution in [2.75, 3.05) is 13.7 Å². The zero-order valence-corrected chi connectivity index (χ0v) is 12.1. The van der Waals surface area contributed by atoms with E-state index in [1.165, 1.54) is 0 Å². The van der Waals surface area contributed by atoms with E-state index in [0.717, 1.165) is 12.0 Å². The smallest absolute Gasteiger partial charge is 0.0975 e. The average Bonchev–Trinajstić information content (AvgIpc) is 2.84. The lowest BCUT2D eigenvalue weighted by Crippen LogP contribution is -2.13. The molecule has 0 aliphatic heterocycles. The minimum Gasteiger partial charge on any atom is -0.387 e. The highest BCUT2D eigenvalue weighted by Crippen LogP contribution is 2.26. The maximum atomic E-state index is 10.3. The Morgan fingerprint density at radius 1 is 1.40 bits per heavy atom. The number of aryl methyl sites for hydroxylation is 1. The quantitative estimate of drug-likeness (QED) is 0.851. The Hall–Kier alpha value is -1.43. The van der Waals surface area contributed by atoms with Crippen LogP contribution >= 0.6 is 11.6 Å². The van der Waals surface area contributed by atoms with E-state index in [1.54, 1.807) is 30.4 Å². The number of halogens is 1. The summed E-state index contributed by atoms with van der Waals surface area (Å²) in [5.41, 5.74) is 1.79. The number of nitrogens with zero attached hydrogens (tertiary/aromatic N) is 3. The monoisotopic (exact) mass is 295 g/mol. The van der Waals surface area contributed by atoms with Crippen LogP contribution in [0.3, 0.4) is 0 Å². The summed E-state index contributed by atoms with van der Waals surface area (Å²) in [6, 6.07) is 3.88. The molecule has 20 heavy (non-hydrogen) atoms. The van der Waals surface area contributed by atoms with Crippen LogP contribution in [-0.2, 0) is 17.7 Å². The molecule has 0 aromatic carbocycles. The van der Waals surface area contributed by atoms with Crippen LogP contribution in [0.25, 0.3) is 0 Å². The van der Waals surface area contributed by atoms with E-state index in [9.17, 15) is 5.11 Å². The van der Waals surface area contributed by atoms with Gasteiger partial charge in [-0.25, -0.2) is 0 Å². The van der Waals surface area contributed by atoms with Crippen molar-refractivity contribution in [2.24, 2.45) is 0 Å². The van der Waals surface area contributed by atoms with Crippen molar-refractivity contribution >= 4 is 11.6 Å². The summed E-state index contributed by atoms with van der Waals surface area (Å²) in [5.74, 6) is 0. The number of aliphatic hydroxyl groups excluding tert-OH is 1. The summed E-state index contributed by atoms with van der Waals surface area (Å²) in [5, 5.41) is 15.0. The number of aromatic nitrogens is 3. The van der Waals surface area contributed by atoms with E-state index in [-0.39, 0.29) is 0 Å². The van der Waals surface area contributed by atoms with Crippen LogP contribution in [0, 0.1) is 0 Å². The molecule has 0 fully saturated rings. The molecule has 2 aromatic rings. The number of methoxy groups -OCH3 is 1. The molecule has 0 aliphatic carbocycles. The average molecular weight is 296 g/mol. The fourth-order valence-electron chi connectivity index (χ4n) is 2.05. The molecule has 0 radical (unpaired) electrons. The number of pyridine rings is 1. The lowest BCUT2D eigenvalue weighted by molar-refractivity contribution is 0.146. The van der Waals surface area contributed by atoms with Crippen LogP contribution in [0.4, 0.5) is 0 Å². The lowest BCUT2D eigenvalue weighted by Gasteiger charge is -2.14. The largest absolute Gasteiger partial charge is 0.387 e. The van der Waals surface area contributed by atoms with Gasteiger partial charge in [0.05, 0.1) is 36.2 Å². The predicted octanol–water partition coefficient (Wildman–Crippen LogP) is 2.24. The first kappa shape index (κ1) is 15.0. The lowest BCUT2D eigenvalue weighted by atomic mass is 10.1. The second-order valence-electron chi connectivity index (χ2n) is 4.50. The van der Waals surface area contributed by atoms with Crippen molar-refractivity contribution in [3.8, 4) is 0 Å². The van der Waals surface area contributed by atoms with Gasteiger partial charge >= 0.3 is 0 Å². The molecule has 108 valence electrons. The van der Waals surface area contributed by atoms with Crippen LogP contribution in [0.2, 0.25) is 5.02 Å². The van der Waals surface area contributed by atoms with Crippen molar-refractivity contribution in [3.05, 3.63) is 47.0 Å². The van der Waals surface area contributed by atoms with Gasteiger partial charge in [0, 0.05) is 19.5 Å². The highest BCUT2D eigenvalue weighted by atomic mass is 35.5. The van der Waals surface area contributed by atoms with Crippen LogP contribution in [-0.4, -0.2) is 33.6 Å². The summed E-state index contributed by atoms with van der Waals surface area (Å²) in [6.45, 7) is 1.10. The van der Waals surface area contributed by atoms with Crippen molar-refractivity contribution in [1.82, 2.24) is 14.8 Å². The third kappa shape index (κ3) is 3.79. The highest BCUT2D eigenvalue weighted by molar-refractivity contribution is 6.31. The maximum Gasteiger partial charge on any atom is 0.0975 e.